The van der Waals surface area contributed by atoms with Crippen molar-refractivity contribution in [1.82, 2.24) is 20.0 Å². The van der Waals surface area contributed by atoms with Crippen LogP contribution in [0.3, 0.4) is 0 Å². The monoisotopic (exact) mass is 298 g/mol. The molecule has 1 N–H and O–H groups in total. The molecule has 0 aliphatic carbocycles. The van der Waals surface area contributed by atoms with E-state index in [4.69, 9.17) is 9.26 Å². The molecular weight excluding hydrogens is 284 g/mol. The highest BCUT2D eigenvalue weighted by Gasteiger charge is 2.21. The number of fused-ring (bicyclic) bond motifs is 1. The average Bonchev–Trinajstić information content (AvgIpc) is 3.18. The zero-order valence-corrected chi connectivity index (χ0v) is 11.8. The van der Waals surface area contributed by atoms with Gasteiger partial charge >= 0.3 is 0 Å². The fraction of sp³-hybridized carbons (Fsp3) is 0.267. The van der Waals surface area contributed by atoms with Crippen LogP contribution in [0.15, 0.2) is 35.0 Å². The Hall–Kier alpha value is -2.67. The quantitative estimate of drug-likeness (QED) is 0.793. The Morgan fingerprint density at radius 1 is 1.32 bits per heavy atom. The lowest BCUT2D eigenvalue weighted by Gasteiger charge is -2.24. The van der Waals surface area contributed by atoms with Gasteiger partial charge in [0.2, 0.25) is 17.6 Å². The number of aromatic nitrogens is 3. The van der Waals surface area contributed by atoms with E-state index in [1.807, 2.05) is 30.5 Å². The Balaban J connectivity index is 1.61. The van der Waals surface area contributed by atoms with Gasteiger partial charge in [-0.25, -0.2) is 0 Å². The molecule has 1 aliphatic heterocycles. The minimum absolute atomic E-state index is 0.0567. The van der Waals surface area contributed by atoms with Gasteiger partial charge in [0.1, 0.15) is 13.2 Å². The first kappa shape index (κ1) is 13.0. The summed E-state index contributed by atoms with van der Waals surface area (Å²) in [6.07, 6.45) is 1.88. The summed E-state index contributed by atoms with van der Waals surface area (Å²) >= 11 is 0. The molecule has 112 valence electrons. The second kappa shape index (κ2) is 5.27. The number of nitrogens with one attached hydrogen (secondary N) is 1. The molecule has 1 aliphatic rings. The average molecular weight is 298 g/mol. The maximum atomic E-state index is 11.7. The number of morpholine rings is 1. The Morgan fingerprint density at radius 2 is 2.27 bits per heavy atom. The Labute approximate surface area is 125 Å². The van der Waals surface area contributed by atoms with Gasteiger partial charge in [-0.05, 0) is 12.1 Å². The van der Waals surface area contributed by atoms with E-state index in [2.05, 4.69) is 15.1 Å². The predicted molar refractivity (Wildman–Crippen MR) is 77.8 cm³/mol. The number of ether oxygens (including phenoxy) is 1. The van der Waals surface area contributed by atoms with Crippen LogP contribution in [0.4, 0.5) is 0 Å². The summed E-state index contributed by atoms with van der Waals surface area (Å²) in [6.45, 7) is 1.52. The number of carbonyl (C=O) groups excluding carboxylic acids is 1. The maximum Gasteiger partial charge on any atom is 0.249 e. The standard InChI is InChI=1S/C15H14N4O3/c20-14-9-21-7-6-19(14)8-13-17-15(18-22-13)11-2-1-3-12-10(11)4-5-16-12/h1-5,16H,6-9H2. The summed E-state index contributed by atoms with van der Waals surface area (Å²) in [5.74, 6) is 0.900. The third kappa shape index (κ3) is 2.25. The molecule has 7 nitrogen and oxygen atoms in total. The Kier molecular flexibility index (Phi) is 3.12. The summed E-state index contributed by atoms with van der Waals surface area (Å²) in [7, 11) is 0. The van der Waals surface area contributed by atoms with E-state index in [9.17, 15) is 4.79 Å². The molecule has 4 rings (SSSR count). The number of rotatable bonds is 3. The summed E-state index contributed by atoms with van der Waals surface area (Å²) < 4.78 is 10.4. The third-order valence-electron chi connectivity index (χ3n) is 3.71. The van der Waals surface area contributed by atoms with Crippen LogP contribution in [-0.4, -0.2) is 45.7 Å². The number of nitrogens with zero attached hydrogens (tertiary/aromatic N) is 3. The fourth-order valence-corrected chi connectivity index (χ4v) is 2.59. The molecule has 1 amide bonds. The smallest absolute Gasteiger partial charge is 0.249 e. The molecule has 0 unspecified atom stereocenters. The molecule has 0 atom stereocenters. The van der Waals surface area contributed by atoms with E-state index in [1.165, 1.54) is 0 Å². The minimum atomic E-state index is -0.0567. The maximum absolute atomic E-state index is 11.7. The van der Waals surface area contributed by atoms with Gasteiger partial charge in [0.05, 0.1) is 6.61 Å². The van der Waals surface area contributed by atoms with Gasteiger partial charge in [0.25, 0.3) is 0 Å². The number of amides is 1. The summed E-state index contributed by atoms with van der Waals surface area (Å²) in [6, 6.07) is 7.86. The molecular formula is C15H14N4O3. The Morgan fingerprint density at radius 3 is 3.18 bits per heavy atom. The van der Waals surface area contributed by atoms with Crippen molar-refractivity contribution in [3.8, 4) is 11.4 Å². The van der Waals surface area contributed by atoms with Crippen molar-refractivity contribution in [2.45, 2.75) is 6.54 Å². The molecule has 2 aromatic heterocycles. The SMILES string of the molecule is O=C1COCCN1Cc1nc(-c2cccc3[nH]ccc23)no1. The molecule has 3 aromatic rings. The van der Waals surface area contributed by atoms with Crippen LogP contribution < -0.4 is 0 Å². The van der Waals surface area contributed by atoms with Crippen LogP contribution in [0.5, 0.6) is 0 Å². The van der Waals surface area contributed by atoms with Crippen LogP contribution in [0.2, 0.25) is 0 Å². The van der Waals surface area contributed by atoms with Crippen molar-refractivity contribution in [1.29, 1.82) is 0 Å². The second-order valence-corrected chi connectivity index (χ2v) is 5.12. The van der Waals surface area contributed by atoms with E-state index in [1.54, 1.807) is 4.90 Å². The van der Waals surface area contributed by atoms with Gasteiger partial charge in [-0.15, -0.1) is 0 Å². The first-order valence-corrected chi connectivity index (χ1v) is 7.06. The lowest BCUT2D eigenvalue weighted by atomic mass is 10.1. The van der Waals surface area contributed by atoms with Gasteiger partial charge in [0.15, 0.2) is 0 Å². The van der Waals surface area contributed by atoms with Crippen molar-refractivity contribution in [2.75, 3.05) is 19.8 Å². The topological polar surface area (TPSA) is 84.2 Å². The van der Waals surface area contributed by atoms with Crippen LogP contribution in [-0.2, 0) is 16.1 Å². The van der Waals surface area contributed by atoms with Crippen molar-refractivity contribution >= 4 is 16.8 Å². The molecule has 1 saturated heterocycles. The molecule has 22 heavy (non-hydrogen) atoms. The molecule has 0 radical (unpaired) electrons. The third-order valence-corrected chi connectivity index (χ3v) is 3.71. The van der Waals surface area contributed by atoms with Crippen molar-refractivity contribution in [3.05, 3.63) is 36.4 Å². The van der Waals surface area contributed by atoms with Gasteiger partial charge < -0.3 is 19.1 Å². The lowest BCUT2D eigenvalue weighted by molar-refractivity contribution is -0.143. The zero-order valence-electron chi connectivity index (χ0n) is 11.8. The second-order valence-electron chi connectivity index (χ2n) is 5.12. The Bertz CT molecular complexity index is 823. The summed E-state index contributed by atoms with van der Waals surface area (Å²) in [5.41, 5.74) is 1.93. The van der Waals surface area contributed by atoms with Gasteiger partial charge in [-0.1, -0.05) is 17.3 Å². The van der Waals surface area contributed by atoms with Crippen LogP contribution >= 0.6 is 0 Å². The highest BCUT2D eigenvalue weighted by molar-refractivity contribution is 5.93. The molecule has 7 heteroatoms. The highest BCUT2D eigenvalue weighted by atomic mass is 16.5. The van der Waals surface area contributed by atoms with Crippen molar-refractivity contribution in [2.24, 2.45) is 0 Å². The first-order chi connectivity index (χ1) is 10.8. The normalized spacial score (nSPS) is 15.6. The summed E-state index contributed by atoms with van der Waals surface area (Å²) in [4.78, 5) is 21.0. The molecule has 0 saturated carbocycles. The van der Waals surface area contributed by atoms with E-state index in [-0.39, 0.29) is 12.5 Å². The number of benzene rings is 1. The van der Waals surface area contributed by atoms with E-state index >= 15 is 0 Å². The van der Waals surface area contributed by atoms with E-state index in [0.29, 0.717) is 31.4 Å². The lowest BCUT2D eigenvalue weighted by Crippen LogP contribution is -2.41. The molecule has 0 spiro atoms. The van der Waals surface area contributed by atoms with Gasteiger partial charge in [0, 0.05) is 29.2 Å². The number of carbonyl (C=O) groups is 1. The number of H-pyrrole nitrogens is 1. The van der Waals surface area contributed by atoms with E-state index < -0.39 is 0 Å². The van der Waals surface area contributed by atoms with Crippen molar-refractivity contribution in [3.63, 3.8) is 0 Å². The predicted octanol–water partition coefficient (Wildman–Crippen LogP) is 1.58. The zero-order chi connectivity index (χ0) is 14.9. The fourth-order valence-electron chi connectivity index (χ4n) is 2.59. The minimum Gasteiger partial charge on any atom is -0.370 e. The number of aromatic amines is 1. The van der Waals surface area contributed by atoms with Crippen LogP contribution in [0, 0.1) is 0 Å². The molecule has 0 bridgehead atoms. The number of hydrogen-bond donors (Lipinski definition) is 1. The highest BCUT2D eigenvalue weighted by Crippen LogP contribution is 2.26. The molecule has 3 heterocycles. The first-order valence-electron chi connectivity index (χ1n) is 7.06. The molecule has 1 fully saturated rings. The summed E-state index contributed by atoms with van der Waals surface area (Å²) in [5, 5.41) is 5.08. The molecule has 1 aromatic carbocycles. The van der Waals surface area contributed by atoms with Crippen LogP contribution in [0.1, 0.15) is 5.89 Å². The number of hydrogen-bond acceptors (Lipinski definition) is 5. The van der Waals surface area contributed by atoms with Crippen LogP contribution in [0.25, 0.3) is 22.3 Å². The van der Waals surface area contributed by atoms with E-state index in [0.717, 1.165) is 16.5 Å². The van der Waals surface area contributed by atoms with Gasteiger partial charge in [-0.3, -0.25) is 4.79 Å². The van der Waals surface area contributed by atoms with Gasteiger partial charge in [-0.2, -0.15) is 4.98 Å². The van der Waals surface area contributed by atoms with Crippen molar-refractivity contribution < 1.29 is 14.1 Å². The largest absolute Gasteiger partial charge is 0.370 e.